The summed E-state index contributed by atoms with van der Waals surface area (Å²) in [4.78, 5) is 25.9. The molecular formula is C26H30N2O4S. The Kier molecular flexibility index (Phi) is 8.14. The van der Waals surface area contributed by atoms with Crippen LogP contribution in [-0.2, 0) is 4.74 Å². The molecular weight excluding hydrogens is 436 g/mol. The van der Waals surface area contributed by atoms with Crippen LogP contribution in [0.2, 0.25) is 0 Å². The van der Waals surface area contributed by atoms with E-state index in [-0.39, 0.29) is 35.1 Å². The van der Waals surface area contributed by atoms with Crippen LogP contribution in [0, 0.1) is 11.3 Å². The second-order valence-corrected chi connectivity index (χ2v) is 8.54. The number of nitrogens with zero attached hydrogens (tertiary/aromatic N) is 1. The Morgan fingerprint density at radius 3 is 2.76 bits per heavy atom. The van der Waals surface area contributed by atoms with Gasteiger partial charge in [0, 0.05) is 35.9 Å². The molecule has 0 radical (unpaired) electrons. The van der Waals surface area contributed by atoms with Crippen molar-refractivity contribution >= 4 is 41.9 Å². The zero-order valence-corrected chi connectivity index (χ0v) is 20.4. The summed E-state index contributed by atoms with van der Waals surface area (Å²) in [5.41, 5.74) is 7.55. The molecule has 0 amide bonds. The standard InChI is InChI=1S/C26H30N2O4S/c1-5-7-11-32-26-20(25(30)23(27)17(6-2)15-31-4)12-19-18-10-8-9-16(3)21(18)13-28(33)24(19)22(26)14-29/h8-9,12-14,17,27,33H,5-7,11,15H2,1-4H3/t17-/m0/s1. The Hall–Kier alpha value is -2.86. The number of carbonyl (C=O) groups excluding carboxylic acids is 2. The fraction of sp³-hybridized carbons (Fsp3) is 0.385. The number of carbonyl (C=O) groups is 2. The SMILES string of the molecule is CCCCOc1c(C(=O)C(=N)[C@@H](CC)COC)cc2c(c1C=O)N(S)C=C1C2=C=CC=C1C. The number of Topliss-reactive ketones (excluding diaryl/α,β-unsaturated/α-hetero) is 1. The maximum absolute atomic E-state index is 13.6. The lowest BCUT2D eigenvalue weighted by atomic mass is 9.84. The number of hydrogen-bond donors (Lipinski definition) is 2. The van der Waals surface area contributed by atoms with Crippen LogP contribution >= 0.6 is 12.8 Å². The van der Waals surface area contributed by atoms with Crippen molar-refractivity contribution in [1.82, 2.24) is 0 Å². The summed E-state index contributed by atoms with van der Waals surface area (Å²) >= 11 is 4.60. The number of nitrogens with one attached hydrogen (secondary N) is 1. The summed E-state index contributed by atoms with van der Waals surface area (Å²) in [5.74, 6) is -0.619. The number of ketones is 1. The number of allylic oxidation sites excluding steroid dienone is 4. The molecule has 174 valence electrons. The van der Waals surface area contributed by atoms with Crippen molar-refractivity contribution in [2.24, 2.45) is 5.92 Å². The molecule has 1 aromatic rings. The minimum absolute atomic E-state index is 0.0602. The molecule has 1 aromatic carbocycles. The predicted molar refractivity (Wildman–Crippen MR) is 135 cm³/mol. The summed E-state index contributed by atoms with van der Waals surface area (Å²) in [6.45, 7) is 6.56. The average molecular weight is 467 g/mol. The molecule has 0 bridgehead atoms. The van der Waals surface area contributed by atoms with Crippen LogP contribution in [0.5, 0.6) is 5.75 Å². The molecule has 0 saturated heterocycles. The van der Waals surface area contributed by atoms with Crippen LogP contribution in [0.4, 0.5) is 5.69 Å². The Bertz CT molecular complexity index is 1110. The first kappa shape index (κ1) is 24.8. The van der Waals surface area contributed by atoms with Crippen LogP contribution in [-0.4, -0.2) is 38.1 Å². The topological polar surface area (TPSA) is 79.7 Å². The predicted octanol–water partition coefficient (Wildman–Crippen LogP) is 5.60. The van der Waals surface area contributed by atoms with Gasteiger partial charge in [-0.25, -0.2) is 0 Å². The smallest absolute Gasteiger partial charge is 0.210 e. The quantitative estimate of drug-likeness (QED) is 0.111. The number of unbranched alkanes of at least 4 members (excludes halogenated alkanes) is 1. The van der Waals surface area contributed by atoms with Gasteiger partial charge < -0.3 is 14.9 Å². The van der Waals surface area contributed by atoms with Crippen molar-refractivity contribution in [3.63, 3.8) is 0 Å². The highest BCUT2D eigenvalue weighted by molar-refractivity contribution is 7.82. The second-order valence-electron chi connectivity index (χ2n) is 8.11. The number of ether oxygens (including phenoxy) is 2. The minimum atomic E-state index is -0.467. The average Bonchev–Trinajstić information content (AvgIpc) is 2.82. The third-order valence-corrected chi connectivity index (χ3v) is 6.23. The van der Waals surface area contributed by atoms with Gasteiger partial charge >= 0.3 is 0 Å². The molecule has 6 nitrogen and oxygen atoms in total. The fourth-order valence-electron chi connectivity index (χ4n) is 3.99. The molecule has 1 aliphatic carbocycles. The number of fused-ring (bicyclic) bond motifs is 3. The maximum Gasteiger partial charge on any atom is 0.210 e. The van der Waals surface area contributed by atoms with E-state index >= 15 is 0 Å². The lowest BCUT2D eigenvalue weighted by Gasteiger charge is -2.30. The zero-order chi connectivity index (χ0) is 24.1. The first-order chi connectivity index (χ1) is 15.9. The Morgan fingerprint density at radius 1 is 1.36 bits per heavy atom. The lowest BCUT2D eigenvalue weighted by molar-refractivity contribution is 0.104. The monoisotopic (exact) mass is 466 g/mol. The minimum Gasteiger partial charge on any atom is -0.492 e. The van der Waals surface area contributed by atoms with E-state index in [0.29, 0.717) is 30.6 Å². The number of benzene rings is 1. The van der Waals surface area contributed by atoms with Crippen molar-refractivity contribution in [2.45, 2.75) is 40.0 Å². The van der Waals surface area contributed by atoms with Crippen LogP contribution in [0.3, 0.4) is 0 Å². The van der Waals surface area contributed by atoms with Gasteiger partial charge in [-0.15, -0.1) is 5.73 Å². The molecule has 1 aliphatic heterocycles. The van der Waals surface area contributed by atoms with Gasteiger partial charge in [-0.1, -0.05) is 39.2 Å². The van der Waals surface area contributed by atoms with E-state index in [1.807, 2.05) is 39.1 Å². The molecule has 1 atom stereocenters. The highest BCUT2D eigenvalue weighted by Gasteiger charge is 2.33. The number of hydrogen-bond acceptors (Lipinski definition) is 7. The van der Waals surface area contributed by atoms with Crippen molar-refractivity contribution in [3.05, 3.63) is 58.0 Å². The normalized spacial score (nSPS) is 15.1. The van der Waals surface area contributed by atoms with E-state index < -0.39 is 5.78 Å². The molecule has 1 N–H and O–H groups in total. The summed E-state index contributed by atoms with van der Waals surface area (Å²) in [6, 6.07) is 1.71. The van der Waals surface area contributed by atoms with E-state index in [4.69, 9.17) is 14.9 Å². The fourth-order valence-corrected chi connectivity index (χ4v) is 4.32. The van der Waals surface area contributed by atoms with Gasteiger partial charge in [-0.05, 0) is 37.5 Å². The molecule has 7 heteroatoms. The third kappa shape index (κ3) is 4.76. The Labute approximate surface area is 200 Å². The van der Waals surface area contributed by atoms with Crippen molar-refractivity contribution in [2.75, 3.05) is 24.6 Å². The number of anilines is 1. The molecule has 2 aliphatic rings. The molecule has 0 saturated carbocycles. The Morgan fingerprint density at radius 2 is 2.12 bits per heavy atom. The summed E-state index contributed by atoms with van der Waals surface area (Å²) in [6.07, 6.45) is 8.57. The maximum atomic E-state index is 13.6. The van der Waals surface area contributed by atoms with E-state index in [9.17, 15) is 9.59 Å². The molecule has 0 spiro atoms. The summed E-state index contributed by atoms with van der Waals surface area (Å²) in [5, 5.41) is 8.58. The van der Waals surface area contributed by atoms with Gasteiger partial charge in [0.25, 0.3) is 0 Å². The van der Waals surface area contributed by atoms with Crippen molar-refractivity contribution in [3.8, 4) is 5.75 Å². The summed E-state index contributed by atoms with van der Waals surface area (Å²) < 4.78 is 12.8. The molecule has 0 aromatic heterocycles. The number of rotatable bonds is 11. The first-order valence-electron chi connectivity index (χ1n) is 11.1. The largest absolute Gasteiger partial charge is 0.492 e. The summed E-state index contributed by atoms with van der Waals surface area (Å²) in [7, 11) is 1.55. The second kappa shape index (κ2) is 10.8. The van der Waals surface area contributed by atoms with Crippen molar-refractivity contribution in [1.29, 1.82) is 5.41 Å². The molecule has 1 heterocycles. The number of methoxy groups -OCH3 is 1. The van der Waals surface area contributed by atoms with E-state index in [1.165, 1.54) is 0 Å². The van der Waals surface area contributed by atoms with Gasteiger partial charge in [-0.3, -0.25) is 13.9 Å². The van der Waals surface area contributed by atoms with Crippen LogP contribution in [0.25, 0.3) is 5.57 Å². The van der Waals surface area contributed by atoms with Gasteiger partial charge in [0.15, 0.2) is 6.29 Å². The van der Waals surface area contributed by atoms with Crippen LogP contribution in [0.15, 0.2) is 41.3 Å². The zero-order valence-electron chi connectivity index (χ0n) is 19.5. The van der Waals surface area contributed by atoms with E-state index in [2.05, 4.69) is 18.5 Å². The van der Waals surface area contributed by atoms with Crippen LogP contribution < -0.4 is 9.04 Å². The molecule has 0 unspecified atom stereocenters. The number of thiol groups is 1. The Balaban J connectivity index is 2.24. The van der Waals surface area contributed by atoms with Gasteiger partial charge in [0.1, 0.15) is 5.75 Å². The van der Waals surface area contributed by atoms with E-state index in [0.717, 1.165) is 29.6 Å². The van der Waals surface area contributed by atoms with Gasteiger partial charge in [0.05, 0.1) is 35.7 Å². The van der Waals surface area contributed by atoms with E-state index in [1.54, 1.807) is 17.5 Å². The first-order valence-corrected chi connectivity index (χ1v) is 11.5. The molecule has 0 fully saturated rings. The third-order valence-electron chi connectivity index (χ3n) is 5.91. The van der Waals surface area contributed by atoms with Gasteiger partial charge in [-0.2, -0.15) is 0 Å². The molecule has 33 heavy (non-hydrogen) atoms. The molecule has 3 rings (SSSR count). The van der Waals surface area contributed by atoms with Gasteiger partial charge in [0.2, 0.25) is 5.78 Å². The van der Waals surface area contributed by atoms with Crippen molar-refractivity contribution < 1.29 is 19.1 Å². The highest BCUT2D eigenvalue weighted by atomic mass is 32.1. The highest BCUT2D eigenvalue weighted by Crippen LogP contribution is 2.46. The lowest BCUT2D eigenvalue weighted by Crippen LogP contribution is -2.27. The van der Waals surface area contributed by atoms with Crippen LogP contribution in [0.1, 0.15) is 66.3 Å². The number of aldehydes is 1.